The number of methoxy groups -OCH3 is 1. The van der Waals surface area contributed by atoms with Crippen LogP contribution in [0.3, 0.4) is 0 Å². The maximum absolute atomic E-state index is 13.3. The van der Waals surface area contributed by atoms with E-state index in [1.165, 1.54) is 13.2 Å². The molecule has 150 valence electrons. The molecule has 1 aliphatic rings. The van der Waals surface area contributed by atoms with Crippen LogP contribution >= 0.6 is 0 Å². The third kappa shape index (κ3) is 5.06. The molecule has 2 rings (SSSR count). The lowest BCUT2D eigenvalue weighted by Gasteiger charge is -2.21. The minimum atomic E-state index is -3.81. The average Bonchev–Trinajstić information content (AvgIpc) is 3.12. The lowest BCUT2D eigenvalue weighted by molar-refractivity contribution is -0.145. The van der Waals surface area contributed by atoms with Gasteiger partial charge >= 0.3 is 5.97 Å². The van der Waals surface area contributed by atoms with Crippen LogP contribution in [0, 0.1) is 12.8 Å². The summed E-state index contributed by atoms with van der Waals surface area (Å²) in [4.78, 5) is 26.8. The third-order valence-electron chi connectivity index (χ3n) is 4.87. The summed E-state index contributed by atoms with van der Waals surface area (Å²) in [5.74, 6) is -1.10. The molecule has 2 unspecified atom stereocenters. The lowest BCUT2D eigenvalue weighted by Crippen LogP contribution is -2.32. The first-order valence-electron chi connectivity index (χ1n) is 9.21. The molecule has 0 aliphatic heterocycles. The van der Waals surface area contributed by atoms with Crippen LogP contribution in [-0.4, -0.2) is 44.1 Å². The van der Waals surface area contributed by atoms with Gasteiger partial charge in [0.05, 0.1) is 24.4 Å². The Morgan fingerprint density at radius 1 is 1.37 bits per heavy atom. The molecule has 3 atom stereocenters. The maximum atomic E-state index is 13.3. The number of carbonyl (C=O) groups is 2. The highest BCUT2D eigenvalue weighted by atomic mass is 32.2. The third-order valence-corrected chi connectivity index (χ3v) is 7.16. The van der Waals surface area contributed by atoms with E-state index in [1.54, 1.807) is 13.0 Å². The van der Waals surface area contributed by atoms with Gasteiger partial charge in [0.15, 0.2) is 9.84 Å². The number of hydrogen-bond acceptors (Lipinski definition) is 7. The number of aryl methyl sites for hydroxylation is 1. The van der Waals surface area contributed by atoms with Gasteiger partial charge in [0.2, 0.25) is 5.88 Å². The molecule has 1 heterocycles. The lowest BCUT2D eigenvalue weighted by atomic mass is 10.1. The molecule has 8 heteroatoms. The Morgan fingerprint density at radius 2 is 2.11 bits per heavy atom. The van der Waals surface area contributed by atoms with Gasteiger partial charge in [0.25, 0.3) is 0 Å². The second-order valence-electron chi connectivity index (χ2n) is 6.93. The second-order valence-corrected chi connectivity index (χ2v) is 9.06. The fourth-order valence-electron chi connectivity index (χ4n) is 3.44. The maximum Gasteiger partial charge on any atom is 0.309 e. The summed E-state index contributed by atoms with van der Waals surface area (Å²) in [6.07, 6.45) is 3.82. The van der Waals surface area contributed by atoms with Crippen molar-refractivity contribution in [1.82, 2.24) is 4.98 Å². The van der Waals surface area contributed by atoms with Crippen LogP contribution < -0.4 is 4.74 Å². The number of carbonyl (C=O) groups excluding carboxylic acids is 2. The van der Waals surface area contributed by atoms with Crippen LogP contribution in [0.15, 0.2) is 17.0 Å². The Bertz CT molecular complexity index is 776. The Kier molecular flexibility index (Phi) is 7.35. The van der Waals surface area contributed by atoms with Crippen molar-refractivity contribution >= 4 is 22.1 Å². The van der Waals surface area contributed by atoms with Crippen LogP contribution in [0.1, 0.15) is 51.1 Å². The van der Waals surface area contributed by atoms with E-state index in [9.17, 15) is 18.0 Å². The molecule has 0 bridgehead atoms. The minimum absolute atomic E-state index is 0.0103. The highest BCUT2D eigenvalue weighted by Gasteiger charge is 2.44. The van der Waals surface area contributed by atoms with Gasteiger partial charge in [-0.2, -0.15) is 0 Å². The Labute approximate surface area is 160 Å². The number of pyridine rings is 1. The van der Waals surface area contributed by atoms with Crippen molar-refractivity contribution in [2.75, 3.05) is 7.11 Å². The van der Waals surface area contributed by atoms with Gasteiger partial charge in [0.1, 0.15) is 11.2 Å². The molecule has 1 aromatic heterocycles. The number of ether oxygens (including phenoxy) is 2. The van der Waals surface area contributed by atoms with Gasteiger partial charge in [-0.3, -0.25) is 4.79 Å². The largest absolute Gasteiger partial charge is 0.474 e. The van der Waals surface area contributed by atoms with Crippen molar-refractivity contribution < 1.29 is 27.5 Å². The zero-order valence-electron chi connectivity index (χ0n) is 16.0. The van der Waals surface area contributed by atoms with Crippen molar-refractivity contribution in [2.45, 2.75) is 68.6 Å². The van der Waals surface area contributed by atoms with E-state index in [0.717, 1.165) is 6.29 Å². The number of aldehydes is 1. The van der Waals surface area contributed by atoms with Crippen LogP contribution in [0.4, 0.5) is 0 Å². The normalized spacial score (nSPS) is 20.9. The van der Waals surface area contributed by atoms with E-state index in [4.69, 9.17) is 9.47 Å². The predicted octanol–water partition coefficient (Wildman–Crippen LogP) is 2.64. The van der Waals surface area contributed by atoms with Crippen LogP contribution in [0.2, 0.25) is 0 Å². The number of nitrogens with zero attached hydrogens (tertiary/aromatic N) is 1. The standard InChI is InChI=1S/C19H27NO6S/c1-13-10-11-17(18(20-13)26-14(2)7-4-5-12-21)27(23,24)16-9-6-8-15(16)19(22)25-3/h10-12,14-16H,4-9H2,1-3H3/t14-,15?,16?/m1/s1. The zero-order valence-corrected chi connectivity index (χ0v) is 16.8. The summed E-state index contributed by atoms with van der Waals surface area (Å²) in [7, 11) is -2.53. The predicted molar refractivity (Wildman–Crippen MR) is 99.3 cm³/mol. The van der Waals surface area contributed by atoms with Crippen LogP contribution in [0.25, 0.3) is 0 Å². The molecule has 7 nitrogen and oxygen atoms in total. The molecular formula is C19H27NO6S. The first-order chi connectivity index (χ1) is 12.8. The van der Waals surface area contributed by atoms with Crippen LogP contribution in [-0.2, 0) is 24.2 Å². The summed E-state index contributed by atoms with van der Waals surface area (Å²) in [6, 6.07) is 3.12. The van der Waals surface area contributed by atoms with Crippen LogP contribution in [0.5, 0.6) is 5.88 Å². The van der Waals surface area contributed by atoms with Gasteiger partial charge in [-0.15, -0.1) is 0 Å². The van der Waals surface area contributed by atoms with Gasteiger partial charge in [-0.25, -0.2) is 13.4 Å². The molecule has 0 spiro atoms. The summed E-state index contributed by atoms with van der Waals surface area (Å²) < 4.78 is 37.1. The first kappa shape index (κ1) is 21.3. The summed E-state index contributed by atoms with van der Waals surface area (Å²) in [5, 5.41) is -0.831. The SMILES string of the molecule is COC(=O)C1CCCC1S(=O)(=O)c1ccc(C)nc1O[C@H](C)CCCC=O. The Hall–Kier alpha value is -1.96. The first-order valence-corrected chi connectivity index (χ1v) is 10.8. The molecule has 0 N–H and O–H groups in total. The zero-order chi connectivity index (χ0) is 20.0. The number of sulfone groups is 1. The molecule has 0 saturated heterocycles. The van der Waals surface area contributed by atoms with E-state index >= 15 is 0 Å². The average molecular weight is 397 g/mol. The smallest absolute Gasteiger partial charge is 0.309 e. The van der Waals surface area contributed by atoms with Gasteiger partial charge in [-0.1, -0.05) is 6.42 Å². The monoisotopic (exact) mass is 397 g/mol. The molecule has 1 aliphatic carbocycles. The van der Waals surface area contributed by atoms with Gasteiger partial charge in [0, 0.05) is 12.1 Å². The molecule has 0 amide bonds. The number of hydrogen-bond donors (Lipinski definition) is 0. The van der Waals surface area contributed by atoms with Crippen molar-refractivity contribution in [2.24, 2.45) is 5.92 Å². The van der Waals surface area contributed by atoms with E-state index < -0.39 is 27.0 Å². The fraction of sp³-hybridized carbons (Fsp3) is 0.632. The highest BCUT2D eigenvalue weighted by molar-refractivity contribution is 7.92. The molecule has 1 saturated carbocycles. The van der Waals surface area contributed by atoms with E-state index in [2.05, 4.69) is 4.98 Å². The van der Waals surface area contributed by atoms with Crippen molar-refractivity contribution in [3.8, 4) is 5.88 Å². The Morgan fingerprint density at radius 3 is 2.78 bits per heavy atom. The molecule has 1 aromatic rings. The quantitative estimate of drug-likeness (QED) is 0.359. The Balaban J connectivity index is 2.31. The van der Waals surface area contributed by atoms with E-state index in [-0.39, 0.29) is 16.9 Å². The molecule has 0 radical (unpaired) electrons. The van der Waals surface area contributed by atoms with E-state index in [1.807, 2.05) is 6.92 Å². The number of aromatic nitrogens is 1. The van der Waals surface area contributed by atoms with E-state index in [0.29, 0.717) is 44.2 Å². The number of unbranched alkanes of at least 4 members (excludes halogenated alkanes) is 1. The summed E-state index contributed by atoms with van der Waals surface area (Å²) in [6.45, 7) is 3.57. The molecule has 0 aromatic carbocycles. The van der Waals surface area contributed by atoms with Crippen molar-refractivity contribution in [1.29, 1.82) is 0 Å². The van der Waals surface area contributed by atoms with Crippen molar-refractivity contribution in [3.63, 3.8) is 0 Å². The van der Waals surface area contributed by atoms with Crippen molar-refractivity contribution in [3.05, 3.63) is 17.8 Å². The molecule has 1 fully saturated rings. The van der Waals surface area contributed by atoms with Gasteiger partial charge < -0.3 is 14.3 Å². The fourth-order valence-corrected chi connectivity index (χ4v) is 5.52. The number of esters is 1. The number of rotatable bonds is 9. The summed E-state index contributed by atoms with van der Waals surface area (Å²) >= 11 is 0. The molecular weight excluding hydrogens is 370 g/mol. The molecule has 27 heavy (non-hydrogen) atoms. The van der Waals surface area contributed by atoms with Gasteiger partial charge in [-0.05, 0) is 51.7 Å². The summed E-state index contributed by atoms with van der Waals surface area (Å²) in [5.41, 5.74) is 0.639. The second kappa shape index (κ2) is 9.30. The topological polar surface area (TPSA) is 99.6 Å². The highest BCUT2D eigenvalue weighted by Crippen LogP contribution is 2.38. The minimum Gasteiger partial charge on any atom is -0.474 e.